The number of nitrogens with one attached hydrogen (secondary N) is 3. The minimum absolute atomic E-state index is 0.0483. The van der Waals surface area contributed by atoms with E-state index in [-0.39, 0.29) is 24.3 Å². The number of carbonyl (C=O) groups excluding carboxylic acids is 2. The van der Waals surface area contributed by atoms with Crippen LogP contribution in [-0.2, 0) is 16.0 Å². The Morgan fingerprint density at radius 3 is 2.86 bits per heavy atom. The number of pyridine rings is 1. The van der Waals surface area contributed by atoms with E-state index in [1.54, 1.807) is 36.7 Å². The number of aromatic nitrogens is 2. The third-order valence-corrected chi connectivity index (χ3v) is 3.92. The van der Waals surface area contributed by atoms with Crippen LogP contribution in [0.5, 0.6) is 11.5 Å². The second-order valence-corrected chi connectivity index (χ2v) is 6.60. The molecule has 2 aromatic heterocycles. The van der Waals surface area contributed by atoms with Gasteiger partial charge in [-0.1, -0.05) is 12.6 Å². The molecule has 0 fully saturated rings. The van der Waals surface area contributed by atoms with Crippen molar-refractivity contribution in [2.45, 2.75) is 26.3 Å². The Kier molecular flexibility index (Phi) is 5.74. The van der Waals surface area contributed by atoms with Gasteiger partial charge >= 0.3 is 0 Å². The van der Waals surface area contributed by atoms with Crippen molar-refractivity contribution >= 4 is 28.5 Å². The molecule has 0 saturated carbocycles. The average molecular weight is 378 g/mol. The lowest BCUT2D eigenvalue weighted by molar-refractivity contribution is -0.120. The molecule has 28 heavy (non-hydrogen) atoms. The highest BCUT2D eigenvalue weighted by Crippen LogP contribution is 2.27. The van der Waals surface area contributed by atoms with Gasteiger partial charge < -0.3 is 20.4 Å². The highest BCUT2D eigenvalue weighted by atomic mass is 16.5. The standard InChI is InChI=1S/C21H22N4O3/c1-4-19(26)25-15-6-5-7-16(9-15)28-17-10-18-14(8-20(27)24-13(2)3)11-22-21(18)23-12-17/h4-7,9-13H,1,8H2,2-3H3,(H,22,23)(H,24,27)(H,25,26). The topological polar surface area (TPSA) is 96.1 Å². The number of carbonyl (C=O) groups is 2. The lowest BCUT2D eigenvalue weighted by Gasteiger charge is -2.09. The summed E-state index contributed by atoms with van der Waals surface area (Å²) in [5, 5.41) is 6.39. The number of hydrogen-bond donors (Lipinski definition) is 3. The average Bonchev–Trinajstić information content (AvgIpc) is 3.03. The maximum Gasteiger partial charge on any atom is 0.247 e. The molecule has 0 aliphatic rings. The number of nitrogens with zero attached hydrogens (tertiary/aromatic N) is 1. The minimum Gasteiger partial charge on any atom is -0.456 e. The van der Waals surface area contributed by atoms with E-state index in [9.17, 15) is 9.59 Å². The molecule has 0 aliphatic heterocycles. The van der Waals surface area contributed by atoms with Gasteiger partial charge in [0.05, 0.1) is 12.6 Å². The Morgan fingerprint density at radius 2 is 2.11 bits per heavy atom. The number of H-pyrrole nitrogens is 1. The molecule has 0 bridgehead atoms. The number of ether oxygens (including phenoxy) is 1. The second kappa shape index (κ2) is 8.39. The van der Waals surface area contributed by atoms with E-state index in [1.165, 1.54) is 6.08 Å². The van der Waals surface area contributed by atoms with Crippen LogP contribution >= 0.6 is 0 Å². The van der Waals surface area contributed by atoms with Gasteiger partial charge in [0.15, 0.2) is 0 Å². The van der Waals surface area contributed by atoms with Crippen molar-refractivity contribution in [1.82, 2.24) is 15.3 Å². The third-order valence-electron chi connectivity index (χ3n) is 3.92. The lowest BCUT2D eigenvalue weighted by Crippen LogP contribution is -2.31. The van der Waals surface area contributed by atoms with Gasteiger partial charge in [-0.05, 0) is 43.7 Å². The van der Waals surface area contributed by atoms with Crippen molar-refractivity contribution in [1.29, 1.82) is 0 Å². The van der Waals surface area contributed by atoms with Crippen LogP contribution in [0.25, 0.3) is 11.0 Å². The van der Waals surface area contributed by atoms with Gasteiger partial charge in [0, 0.05) is 29.4 Å². The summed E-state index contributed by atoms with van der Waals surface area (Å²) < 4.78 is 5.88. The number of benzene rings is 1. The van der Waals surface area contributed by atoms with E-state index in [4.69, 9.17) is 4.74 Å². The first-order valence-electron chi connectivity index (χ1n) is 8.91. The molecular formula is C21H22N4O3. The smallest absolute Gasteiger partial charge is 0.247 e. The van der Waals surface area contributed by atoms with E-state index in [0.29, 0.717) is 22.8 Å². The molecule has 0 atom stereocenters. The number of amides is 2. The highest BCUT2D eigenvalue weighted by molar-refractivity contribution is 5.99. The fourth-order valence-corrected chi connectivity index (χ4v) is 2.75. The molecule has 7 nitrogen and oxygen atoms in total. The summed E-state index contributed by atoms with van der Waals surface area (Å²) in [5.74, 6) is 0.743. The molecule has 0 radical (unpaired) electrons. The summed E-state index contributed by atoms with van der Waals surface area (Å²) in [5.41, 5.74) is 2.13. The maximum absolute atomic E-state index is 12.1. The van der Waals surface area contributed by atoms with Crippen LogP contribution in [0.3, 0.4) is 0 Å². The molecule has 144 valence electrons. The van der Waals surface area contributed by atoms with Crippen molar-refractivity contribution in [2.75, 3.05) is 5.32 Å². The van der Waals surface area contributed by atoms with Crippen LogP contribution in [-0.4, -0.2) is 27.8 Å². The number of aromatic amines is 1. The van der Waals surface area contributed by atoms with Crippen molar-refractivity contribution in [3.05, 3.63) is 60.9 Å². The first kappa shape index (κ1) is 19.2. The first-order valence-corrected chi connectivity index (χ1v) is 8.91. The lowest BCUT2D eigenvalue weighted by atomic mass is 10.1. The molecule has 0 unspecified atom stereocenters. The van der Waals surface area contributed by atoms with E-state index in [0.717, 1.165) is 10.9 Å². The Hall–Kier alpha value is -3.61. The van der Waals surface area contributed by atoms with Crippen LogP contribution in [0.15, 0.2) is 55.4 Å². The molecule has 0 aliphatic carbocycles. The Balaban J connectivity index is 1.80. The van der Waals surface area contributed by atoms with Gasteiger partial charge in [-0.2, -0.15) is 0 Å². The summed E-state index contributed by atoms with van der Waals surface area (Å²) >= 11 is 0. The second-order valence-electron chi connectivity index (χ2n) is 6.60. The highest BCUT2D eigenvalue weighted by Gasteiger charge is 2.12. The first-order chi connectivity index (χ1) is 13.4. The third kappa shape index (κ3) is 4.76. The number of fused-ring (bicyclic) bond motifs is 1. The zero-order valence-corrected chi connectivity index (χ0v) is 15.8. The maximum atomic E-state index is 12.1. The molecular weight excluding hydrogens is 356 g/mol. The van der Waals surface area contributed by atoms with Crippen molar-refractivity contribution < 1.29 is 14.3 Å². The van der Waals surface area contributed by atoms with Crippen LogP contribution in [0.4, 0.5) is 5.69 Å². The fraction of sp³-hybridized carbons (Fsp3) is 0.190. The van der Waals surface area contributed by atoms with Crippen molar-refractivity contribution in [2.24, 2.45) is 0 Å². The predicted octanol–water partition coefficient (Wildman–Crippen LogP) is 3.55. The summed E-state index contributed by atoms with van der Waals surface area (Å²) in [7, 11) is 0. The van der Waals surface area contributed by atoms with Gasteiger partial charge in [-0.15, -0.1) is 0 Å². The summed E-state index contributed by atoms with van der Waals surface area (Å²) in [6.07, 6.45) is 4.85. The van der Waals surface area contributed by atoms with Gasteiger partial charge in [0.1, 0.15) is 17.1 Å². The van der Waals surface area contributed by atoms with Crippen molar-refractivity contribution in [3.8, 4) is 11.5 Å². The molecule has 0 spiro atoms. The summed E-state index contributed by atoms with van der Waals surface area (Å²) in [4.78, 5) is 30.9. The largest absolute Gasteiger partial charge is 0.456 e. The summed E-state index contributed by atoms with van der Waals surface area (Å²) in [6, 6.07) is 8.95. The van der Waals surface area contributed by atoms with Crippen LogP contribution in [0.2, 0.25) is 0 Å². The van der Waals surface area contributed by atoms with E-state index in [1.807, 2.05) is 19.9 Å². The van der Waals surface area contributed by atoms with Crippen LogP contribution in [0, 0.1) is 0 Å². The molecule has 3 N–H and O–H groups in total. The Bertz CT molecular complexity index is 1020. The van der Waals surface area contributed by atoms with Gasteiger partial charge in [-0.25, -0.2) is 4.98 Å². The number of anilines is 1. The van der Waals surface area contributed by atoms with Crippen LogP contribution < -0.4 is 15.4 Å². The van der Waals surface area contributed by atoms with E-state index >= 15 is 0 Å². The zero-order valence-electron chi connectivity index (χ0n) is 15.8. The van der Waals surface area contributed by atoms with Gasteiger partial charge in [-0.3, -0.25) is 9.59 Å². The zero-order chi connectivity index (χ0) is 20.1. The summed E-state index contributed by atoms with van der Waals surface area (Å²) in [6.45, 7) is 7.28. The predicted molar refractivity (Wildman–Crippen MR) is 108 cm³/mol. The van der Waals surface area contributed by atoms with Crippen molar-refractivity contribution in [3.63, 3.8) is 0 Å². The van der Waals surface area contributed by atoms with E-state index < -0.39 is 0 Å². The Labute approximate surface area is 162 Å². The molecule has 7 heteroatoms. The molecule has 2 amide bonds. The van der Waals surface area contributed by atoms with Gasteiger partial charge in [0.25, 0.3) is 0 Å². The van der Waals surface area contributed by atoms with Gasteiger partial charge in [0.2, 0.25) is 11.8 Å². The fourth-order valence-electron chi connectivity index (χ4n) is 2.75. The normalized spacial score (nSPS) is 10.7. The number of rotatable bonds is 7. The SMILES string of the molecule is C=CC(=O)Nc1cccc(Oc2cnc3[nH]cc(CC(=O)NC(C)C)c3c2)c1. The molecule has 3 aromatic rings. The quantitative estimate of drug-likeness (QED) is 0.548. The molecule has 2 heterocycles. The Morgan fingerprint density at radius 1 is 1.29 bits per heavy atom. The molecule has 3 rings (SSSR count). The minimum atomic E-state index is -0.295. The molecule has 0 saturated heterocycles. The monoisotopic (exact) mass is 378 g/mol. The van der Waals surface area contributed by atoms with E-state index in [2.05, 4.69) is 27.2 Å². The van der Waals surface area contributed by atoms with Crippen LogP contribution in [0.1, 0.15) is 19.4 Å². The number of hydrogen-bond acceptors (Lipinski definition) is 4. The molecule has 1 aromatic carbocycles.